The molecule has 7 heteroatoms. The van der Waals surface area contributed by atoms with Gasteiger partial charge in [0, 0.05) is 23.0 Å². The van der Waals surface area contributed by atoms with Gasteiger partial charge < -0.3 is 14.9 Å². The average molecular weight is 586 g/mol. The molecular formula is C33H44ClNO4S. The van der Waals surface area contributed by atoms with Gasteiger partial charge in [-0.15, -0.1) is 0 Å². The Kier molecular flexibility index (Phi) is 17.0. The molecule has 3 aromatic rings. The molecule has 3 aromatic carbocycles. The van der Waals surface area contributed by atoms with Crippen LogP contribution in [-0.4, -0.2) is 40.7 Å². The summed E-state index contributed by atoms with van der Waals surface area (Å²) in [5.74, 6) is 2.09. The highest BCUT2D eigenvalue weighted by atomic mass is 35.5. The zero-order chi connectivity index (χ0) is 29.0. The minimum Gasteiger partial charge on any atom is -0.508 e. The van der Waals surface area contributed by atoms with Gasteiger partial charge in [-0.25, -0.2) is 4.31 Å². The van der Waals surface area contributed by atoms with Crippen molar-refractivity contribution in [3.8, 4) is 22.6 Å². The number of aromatic hydroxyl groups is 1. The van der Waals surface area contributed by atoms with Gasteiger partial charge in [0.15, 0.2) is 0 Å². The molecule has 2 aliphatic rings. The van der Waals surface area contributed by atoms with Crippen molar-refractivity contribution in [2.75, 3.05) is 19.7 Å². The van der Waals surface area contributed by atoms with Gasteiger partial charge in [-0.1, -0.05) is 75.4 Å². The Morgan fingerprint density at radius 3 is 1.88 bits per heavy atom. The highest BCUT2D eigenvalue weighted by Crippen LogP contribution is 2.29. The second-order valence-corrected chi connectivity index (χ2v) is 11.1. The number of hydrogen-bond donors (Lipinski definition) is 2. The number of hydrogen-bond acceptors (Lipinski definition) is 5. The molecule has 1 aliphatic heterocycles. The maximum Gasteiger partial charge on any atom is 0.290 e. The van der Waals surface area contributed by atoms with E-state index in [0.717, 1.165) is 34.4 Å². The van der Waals surface area contributed by atoms with Crippen LogP contribution in [0.4, 0.5) is 0 Å². The number of ether oxygens (including phenoxy) is 1. The molecule has 1 aliphatic carbocycles. The van der Waals surface area contributed by atoms with E-state index in [1.165, 1.54) is 69.4 Å². The Hall–Kier alpha value is -2.67. The molecular weight excluding hydrogens is 542 g/mol. The van der Waals surface area contributed by atoms with Crippen LogP contribution < -0.4 is 4.74 Å². The lowest BCUT2D eigenvalue weighted by atomic mass is 9.90. The van der Waals surface area contributed by atoms with Crippen LogP contribution in [-0.2, 0) is 4.79 Å². The summed E-state index contributed by atoms with van der Waals surface area (Å²) in [7, 11) is 0. The van der Waals surface area contributed by atoms with Crippen molar-refractivity contribution in [2.24, 2.45) is 5.92 Å². The van der Waals surface area contributed by atoms with Crippen LogP contribution in [0, 0.1) is 5.92 Å². The average Bonchev–Trinajstić information content (AvgIpc) is 3.01. The number of benzene rings is 3. The fraction of sp³-hybridized carbons (Fsp3) is 0.424. The molecule has 0 amide bonds. The van der Waals surface area contributed by atoms with Crippen molar-refractivity contribution in [2.45, 2.75) is 70.1 Å². The van der Waals surface area contributed by atoms with Gasteiger partial charge in [0.05, 0.1) is 6.61 Å². The first-order valence-electron chi connectivity index (χ1n) is 14.4. The predicted molar refractivity (Wildman–Crippen MR) is 168 cm³/mol. The standard InChI is InChI=1S/C18H27NOS.C12H9ClO.C2H6.CH2O2/c1-3-7-16(8-4-1)15-20-17-9-11-18(12-10-17)21-19-13-5-2-6-14-19;13-11-5-1-9(2-6-11)10-3-7-12(14)8-4-10;1-2;2-1-3/h9-12,16H,1-8,13-15H2;1-8,14H;1-2H3;1H,(H,2,3). The third kappa shape index (κ3) is 13.1. The van der Waals surface area contributed by atoms with E-state index >= 15 is 0 Å². The van der Waals surface area contributed by atoms with Gasteiger partial charge in [0.1, 0.15) is 11.5 Å². The van der Waals surface area contributed by atoms with E-state index in [1.54, 1.807) is 12.1 Å². The summed E-state index contributed by atoms with van der Waals surface area (Å²) in [5, 5.41) is 16.7. The topological polar surface area (TPSA) is 70.0 Å². The smallest absolute Gasteiger partial charge is 0.290 e. The molecule has 0 atom stereocenters. The molecule has 0 radical (unpaired) electrons. The Morgan fingerprint density at radius 2 is 1.32 bits per heavy atom. The molecule has 0 bridgehead atoms. The number of phenolic OH excluding ortho intramolecular Hbond substituents is 1. The summed E-state index contributed by atoms with van der Waals surface area (Å²) in [4.78, 5) is 9.70. The Labute approximate surface area is 249 Å². The highest BCUT2D eigenvalue weighted by Gasteiger charge is 2.14. The Balaban J connectivity index is 0.000000255. The minimum atomic E-state index is -0.250. The van der Waals surface area contributed by atoms with Crippen LogP contribution in [0.5, 0.6) is 11.5 Å². The Bertz CT molecular complexity index is 1010. The predicted octanol–water partition coefficient (Wildman–Crippen LogP) is 9.58. The van der Waals surface area contributed by atoms with E-state index in [0.29, 0.717) is 0 Å². The van der Waals surface area contributed by atoms with E-state index in [9.17, 15) is 0 Å². The lowest BCUT2D eigenvalue weighted by Crippen LogP contribution is -2.22. The Morgan fingerprint density at radius 1 is 0.825 bits per heavy atom. The van der Waals surface area contributed by atoms with Gasteiger partial charge in [0.25, 0.3) is 6.47 Å². The molecule has 2 N–H and O–H groups in total. The molecule has 1 heterocycles. The molecule has 218 valence electrons. The number of carbonyl (C=O) groups is 1. The van der Waals surface area contributed by atoms with Crippen LogP contribution in [0.3, 0.4) is 0 Å². The first-order chi connectivity index (χ1) is 19.6. The third-order valence-electron chi connectivity index (χ3n) is 6.63. The van der Waals surface area contributed by atoms with E-state index in [1.807, 2.05) is 62.2 Å². The van der Waals surface area contributed by atoms with E-state index in [-0.39, 0.29) is 12.2 Å². The fourth-order valence-corrected chi connectivity index (χ4v) is 5.69. The second kappa shape index (κ2) is 20.2. The van der Waals surface area contributed by atoms with E-state index < -0.39 is 0 Å². The van der Waals surface area contributed by atoms with Gasteiger partial charge in [-0.05, 0) is 103 Å². The molecule has 1 saturated heterocycles. The summed E-state index contributed by atoms with van der Waals surface area (Å²) < 4.78 is 8.46. The number of rotatable bonds is 6. The summed E-state index contributed by atoms with van der Waals surface area (Å²) in [5.41, 5.74) is 2.16. The summed E-state index contributed by atoms with van der Waals surface area (Å²) in [6.45, 7) is 7.10. The molecule has 0 spiro atoms. The van der Waals surface area contributed by atoms with Gasteiger partial charge in [0.2, 0.25) is 0 Å². The van der Waals surface area contributed by atoms with E-state index in [2.05, 4.69) is 28.6 Å². The lowest BCUT2D eigenvalue weighted by molar-refractivity contribution is -0.122. The highest BCUT2D eigenvalue weighted by molar-refractivity contribution is 7.97. The second-order valence-electron chi connectivity index (χ2n) is 9.53. The first-order valence-corrected chi connectivity index (χ1v) is 15.5. The van der Waals surface area contributed by atoms with Crippen LogP contribution in [0.15, 0.2) is 77.7 Å². The molecule has 5 rings (SSSR count). The fourth-order valence-electron chi connectivity index (χ4n) is 4.57. The van der Waals surface area contributed by atoms with Crippen molar-refractivity contribution in [3.63, 3.8) is 0 Å². The van der Waals surface area contributed by atoms with Crippen LogP contribution in [0.1, 0.15) is 65.2 Å². The lowest BCUT2D eigenvalue weighted by Gasteiger charge is -2.25. The number of phenols is 1. The quantitative estimate of drug-likeness (QED) is 0.222. The minimum absolute atomic E-state index is 0.250. The number of carboxylic acid groups (broad SMARTS) is 1. The normalized spacial score (nSPS) is 15.2. The zero-order valence-electron chi connectivity index (χ0n) is 23.8. The molecule has 1 saturated carbocycles. The molecule has 40 heavy (non-hydrogen) atoms. The maximum atomic E-state index is 9.13. The van der Waals surface area contributed by atoms with Gasteiger partial charge in [-0.2, -0.15) is 0 Å². The summed E-state index contributed by atoms with van der Waals surface area (Å²) in [6.07, 6.45) is 11.0. The van der Waals surface area contributed by atoms with Crippen molar-refractivity contribution in [1.29, 1.82) is 0 Å². The zero-order valence-corrected chi connectivity index (χ0v) is 25.4. The summed E-state index contributed by atoms with van der Waals surface area (Å²) >= 11 is 7.68. The van der Waals surface area contributed by atoms with Crippen LogP contribution in [0.25, 0.3) is 11.1 Å². The maximum absolute atomic E-state index is 9.13. The molecule has 2 fully saturated rings. The van der Waals surface area contributed by atoms with Crippen LogP contribution in [0.2, 0.25) is 5.02 Å². The first kappa shape index (κ1) is 33.5. The van der Waals surface area contributed by atoms with Crippen molar-refractivity contribution < 1.29 is 19.7 Å². The molecule has 0 aromatic heterocycles. The molecule has 0 unspecified atom stereocenters. The number of nitrogens with zero attached hydrogens (tertiary/aromatic N) is 1. The number of piperidine rings is 1. The SMILES string of the molecule is CC.O=CO.Oc1ccc(-c2ccc(Cl)cc2)cc1.c1cc(SN2CCCCC2)ccc1OCC1CCCCC1. The third-order valence-corrected chi connectivity index (χ3v) is 7.99. The monoisotopic (exact) mass is 585 g/mol. The van der Waals surface area contributed by atoms with Crippen molar-refractivity contribution in [1.82, 2.24) is 4.31 Å². The summed E-state index contributed by atoms with van der Waals surface area (Å²) in [6, 6.07) is 23.4. The van der Waals surface area contributed by atoms with E-state index in [4.69, 9.17) is 31.3 Å². The largest absolute Gasteiger partial charge is 0.508 e. The van der Waals surface area contributed by atoms with Crippen LogP contribution >= 0.6 is 23.5 Å². The van der Waals surface area contributed by atoms with Crippen molar-refractivity contribution >= 4 is 30.0 Å². The molecule has 5 nitrogen and oxygen atoms in total. The number of halogens is 1. The van der Waals surface area contributed by atoms with Crippen molar-refractivity contribution in [3.05, 3.63) is 77.8 Å². The van der Waals surface area contributed by atoms with Gasteiger partial charge in [-0.3, -0.25) is 4.79 Å². The van der Waals surface area contributed by atoms with Gasteiger partial charge >= 0.3 is 0 Å².